The number of carbonyl (C=O) groups is 1. The van der Waals surface area contributed by atoms with E-state index < -0.39 is 0 Å². The summed E-state index contributed by atoms with van der Waals surface area (Å²) in [5.41, 5.74) is 1.31. The van der Waals surface area contributed by atoms with Crippen molar-refractivity contribution in [1.29, 1.82) is 0 Å². The fourth-order valence-corrected chi connectivity index (χ4v) is 2.04. The van der Waals surface area contributed by atoms with Crippen LogP contribution in [-0.4, -0.2) is 29.4 Å². The highest BCUT2D eigenvalue weighted by Gasteiger charge is 2.13. The quantitative estimate of drug-likeness (QED) is 0.919. The lowest BCUT2D eigenvalue weighted by Crippen LogP contribution is -2.26. The summed E-state index contributed by atoms with van der Waals surface area (Å²) in [5, 5.41) is 3.07. The van der Waals surface area contributed by atoms with E-state index in [1.807, 2.05) is 6.92 Å². The van der Waals surface area contributed by atoms with Crippen molar-refractivity contribution in [3.8, 4) is 0 Å². The fourth-order valence-electron chi connectivity index (χ4n) is 2.04. The minimum atomic E-state index is -0.299. The maximum atomic E-state index is 13.2. The van der Waals surface area contributed by atoms with Crippen LogP contribution in [0.1, 0.15) is 22.8 Å². The fraction of sp³-hybridized carbons (Fsp3) is 0.250. The van der Waals surface area contributed by atoms with E-state index >= 15 is 0 Å². The van der Waals surface area contributed by atoms with Gasteiger partial charge in [0.15, 0.2) is 0 Å². The predicted octanol–water partition coefficient (Wildman–Crippen LogP) is 2.92. The standard InChI is InChI=1S/C16H18FN3O/c1-3-18-15-10-13(7-8-19-15)16(21)20(2)11-12-5-4-6-14(17)9-12/h4-10H,3,11H2,1-2H3,(H,18,19). The number of anilines is 1. The van der Waals surface area contributed by atoms with Gasteiger partial charge in [-0.3, -0.25) is 4.79 Å². The Labute approximate surface area is 123 Å². The summed E-state index contributed by atoms with van der Waals surface area (Å²) in [6.07, 6.45) is 1.60. The van der Waals surface area contributed by atoms with Gasteiger partial charge >= 0.3 is 0 Å². The molecule has 2 aromatic rings. The van der Waals surface area contributed by atoms with E-state index in [1.54, 1.807) is 42.4 Å². The lowest BCUT2D eigenvalue weighted by atomic mass is 10.2. The van der Waals surface area contributed by atoms with Gasteiger partial charge in [0, 0.05) is 31.9 Å². The third-order valence-corrected chi connectivity index (χ3v) is 3.02. The number of pyridine rings is 1. The van der Waals surface area contributed by atoms with E-state index in [1.165, 1.54) is 12.1 Å². The van der Waals surface area contributed by atoms with Crippen LogP contribution in [0.2, 0.25) is 0 Å². The van der Waals surface area contributed by atoms with Crippen molar-refractivity contribution in [2.45, 2.75) is 13.5 Å². The van der Waals surface area contributed by atoms with Crippen molar-refractivity contribution < 1.29 is 9.18 Å². The molecule has 2 rings (SSSR count). The first kappa shape index (κ1) is 15.0. The average molecular weight is 287 g/mol. The van der Waals surface area contributed by atoms with Gasteiger partial charge in [0.2, 0.25) is 0 Å². The summed E-state index contributed by atoms with van der Waals surface area (Å²) < 4.78 is 13.2. The molecule has 0 bridgehead atoms. The SMILES string of the molecule is CCNc1cc(C(=O)N(C)Cc2cccc(F)c2)ccn1. The topological polar surface area (TPSA) is 45.2 Å². The minimum absolute atomic E-state index is 0.124. The number of hydrogen-bond acceptors (Lipinski definition) is 3. The monoisotopic (exact) mass is 287 g/mol. The number of benzene rings is 1. The summed E-state index contributed by atoms with van der Waals surface area (Å²) in [7, 11) is 1.70. The van der Waals surface area contributed by atoms with Crippen LogP contribution in [0, 0.1) is 5.82 Å². The zero-order valence-electron chi connectivity index (χ0n) is 12.1. The molecule has 1 amide bonds. The van der Waals surface area contributed by atoms with Crippen LogP contribution in [0.15, 0.2) is 42.6 Å². The lowest BCUT2D eigenvalue weighted by molar-refractivity contribution is 0.0785. The van der Waals surface area contributed by atoms with Crippen molar-refractivity contribution >= 4 is 11.7 Å². The molecule has 0 fully saturated rings. The summed E-state index contributed by atoms with van der Waals surface area (Å²) in [4.78, 5) is 18.1. The van der Waals surface area contributed by atoms with E-state index in [9.17, 15) is 9.18 Å². The molecule has 1 aromatic heterocycles. The number of hydrogen-bond donors (Lipinski definition) is 1. The highest BCUT2D eigenvalue weighted by molar-refractivity contribution is 5.94. The number of nitrogens with zero attached hydrogens (tertiary/aromatic N) is 2. The van der Waals surface area contributed by atoms with E-state index in [-0.39, 0.29) is 11.7 Å². The Morgan fingerprint density at radius 3 is 2.86 bits per heavy atom. The Kier molecular flexibility index (Phi) is 4.87. The molecule has 1 aromatic carbocycles. The zero-order valence-corrected chi connectivity index (χ0v) is 12.1. The van der Waals surface area contributed by atoms with Crippen molar-refractivity contribution in [1.82, 2.24) is 9.88 Å². The molecule has 1 heterocycles. The van der Waals surface area contributed by atoms with Crippen molar-refractivity contribution in [3.05, 3.63) is 59.5 Å². The molecule has 0 radical (unpaired) electrons. The van der Waals surface area contributed by atoms with Gasteiger partial charge in [0.05, 0.1) is 0 Å². The average Bonchev–Trinajstić information content (AvgIpc) is 2.47. The highest BCUT2D eigenvalue weighted by atomic mass is 19.1. The van der Waals surface area contributed by atoms with Gasteiger partial charge in [0.1, 0.15) is 11.6 Å². The van der Waals surface area contributed by atoms with Gasteiger partial charge in [-0.25, -0.2) is 9.37 Å². The largest absolute Gasteiger partial charge is 0.370 e. The van der Waals surface area contributed by atoms with Gasteiger partial charge in [-0.2, -0.15) is 0 Å². The second-order valence-corrected chi connectivity index (χ2v) is 4.75. The molecule has 0 atom stereocenters. The van der Waals surface area contributed by atoms with E-state index in [4.69, 9.17) is 0 Å². The van der Waals surface area contributed by atoms with Crippen LogP contribution in [-0.2, 0) is 6.54 Å². The van der Waals surface area contributed by atoms with Gasteiger partial charge in [-0.1, -0.05) is 12.1 Å². The Hall–Kier alpha value is -2.43. The second-order valence-electron chi connectivity index (χ2n) is 4.75. The van der Waals surface area contributed by atoms with E-state index in [0.29, 0.717) is 17.9 Å². The van der Waals surface area contributed by atoms with Gasteiger partial charge in [-0.15, -0.1) is 0 Å². The molecular weight excluding hydrogens is 269 g/mol. The van der Waals surface area contributed by atoms with Crippen LogP contribution < -0.4 is 5.32 Å². The number of carbonyl (C=O) groups excluding carboxylic acids is 1. The molecule has 5 heteroatoms. The van der Waals surface area contributed by atoms with Gasteiger partial charge < -0.3 is 10.2 Å². The van der Waals surface area contributed by atoms with Crippen LogP contribution >= 0.6 is 0 Å². The number of rotatable bonds is 5. The van der Waals surface area contributed by atoms with Crippen molar-refractivity contribution in [3.63, 3.8) is 0 Å². The first-order valence-corrected chi connectivity index (χ1v) is 6.80. The maximum Gasteiger partial charge on any atom is 0.254 e. The van der Waals surface area contributed by atoms with Gasteiger partial charge in [-0.05, 0) is 36.8 Å². The molecule has 1 N–H and O–H groups in total. The Morgan fingerprint density at radius 1 is 1.33 bits per heavy atom. The first-order valence-electron chi connectivity index (χ1n) is 6.80. The number of halogens is 1. The van der Waals surface area contributed by atoms with Crippen molar-refractivity contribution in [2.75, 3.05) is 18.9 Å². The second kappa shape index (κ2) is 6.83. The molecule has 0 aliphatic carbocycles. The molecule has 0 aliphatic rings. The summed E-state index contributed by atoms with van der Waals surface area (Å²) in [6, 6.07) is 9.64. The van der Waals surface area contributed by atoms with E-state index in [0.717, 1.165) is 12.1 Å². The first-order chi connectivity index (χ1) is 10.1. The Bertz CT molecular complexity index is 630. The molecule has 0 saturated carbocycles. The molecule has 0 spiro atoms. The third-order valence-electron chi connectivity index (χ3n) is 3.02. The summed E-state index contributed by atoms with van der Waals surface area (Å²) >= 11 is 0. The maximum absolute atomic E-state index is 13.2. The Morgan fingerprint density at radius 2 is 2.14 bits per heavy atom. The number of amides is 1. The lowest BCUT2D eigenvalue weighted by Gasteiger charge is -2.17. The Balaban J connectivity index is 2.10. The van der Waals surface area contributed by atoms with Crippen LogP contribution in [0.5, 0.6) is 0 Å². The molecule has 0 saturated heterocycles. The molecule has 110 valence electrons. The van der Waals surface area contributed by atoms with Crippen molar-refractivity contribution in [2.24, 2.45) is 0 Å². The molecular formula is C16H18FN3O. The molecule has 0 unspecified atom stereocenters. The van der Waals surface area contributed by atoms with Gasteiger partial charge in [0.25, 0.3) is 5.91 Å². The van der Waals surface area contributed by atoms with Crippen LogP contribution in [0.4, 0.5) is 10.2 Å². The molecule has 0 aliphatic heterocycles. The highest BCUT2D eigenvalue weighted by Crippen LogP contribution is 2.12. The normalized spacial score (nSPS) is 10.2. The number of aromatic nitrogens is 1. The van der Waals surface area contributed by atoms with Crippen LogP contribution in [0.25, 0.3) is 0 Å². The van der Waals surface area contributed by atoms with Crippen LogP contribution in [0.3, 0.4) is 0 Å². The molecule has 4 nitrogen and oxygen atoms in total. The third kappa shape index (κ3) is 4.02. The minimum Gasteiger partial charge on any atom is -0.370 e. The smallest absolute Gasteiger partial charge is 0.254 e. The van der Waals surface area contributed by atoms with E-state index in [2.05, 4.69) is 10.3 Å². The predicted molar refractivity (Wildman–Crippen MR) is 80.6 cm³/mol. The summed E-state index contributed by atoms with van der Waals surface area (Å²) in [6.45, 7) is 3.06. The summed E-state index contributed by atoms with van der Waals surface area (Å²) in [5.74, 6) is 0.245. The zero-order chi connectivity index (χ0) is 15.2. The molecule has 21 heavy (non-hydrogen) atoms. The number of nitrogens with one attached hydrogen (secondary N) is 1.